The normalized spacial score (nSPS) is 10.7. The van der Waals surface area contributed by atoms with Gasteiger partial charge in [0.1, 0.15) is 5.15 Å². The maximum atomic E-state index is 5.60. The van der Waals surface area contributed by atoms with E-state index in [9.17, 15) is 0 Å². The maximum absolute atomic E-state index is 5.60. The van der Waals surface area contributed by atoms with Crippen LogP contribution in [0.1, 0.15) is 24.8 Å². The van der Waals surface area contributed by atoms with Crippen molar-refractivity contribution < 1.29 is 0 Å². The highest BCUT2D eigenvalue weighted by Gasteiger charge is 2.02. The first-order valence-corrected chi connectivity index (χ1v) is 4.07. The van der Waals surface area contributed by atoms with Crippen molar-refractivity contribution in [3.8, 4) is 0 Å². The highest BCUT2D eigenvalue weighted by molar-refractivity contribution is 7.10. The molecule has 1 rings (SSSR count). The van der Waals surface area contributed by atoms with Gasteiger partial charge in [-0.25, -0.2) is 4.98 Å². The molecule has 0 aliphatic rings. The van der Waals surface area contributed by atoms with Crippen LogP contribution in [0, 0.1) is 0 Å². The van der Waals surface area contributed by atoms with Gasteiger partial charge in [-0.05, 0) is 0 Å². The maximum Gasteiger partial charge on any atom is 0.140 e. The molecule has 0 aliphatic carbocycles. The van der Waals surface area contributed by atoms with E-state index in [4.69, 9.17) is 11.6 Å². The van der Waals surface area contributed by atoms with Crippen LogP contribution < -0.4 is 0 Å². The Bertz CT molecular complexity index is 195. The highest BCUT2D eigenvalue weighted by atomic mass is 35.5. The summed E-state index contributed by atoms with van der Waals surface area (Å²) >= 11 is 7.22. The molecule has 0 fully saturated rings. The van der Waals surface area contributed by atoms with Gasteiger partial charge in [0.2, 0.25) is 0 Å². The molecule has 50 valence electrons. The molecular weight excluding hydrogens is 154 g/mol. The summed E-state index contributed by atoms with van der Waals surface area (Å²) in [6, 6.07) is 0. The number of thiazole rings is 1. The molecule has 0 saturated heterocycles. The fourth-order valence-electron chi connectivity index (χ4n) is 0.532. The summed E-state index contributed by atoms with van der Waals surface area (Å²) in [7, 11) is 0. The minimum absolute atomic E-state index is 0.502. The molecule has 3 heteroatoms. The van der Waals surface area contributed by atoms with Gasteiger partial charge in [-0.15, -0.1) is 11.3 Å². The molecule has 0 aromatic carbocycles. The van der Waals surface area contributed by atoms with Crippen molar-refractivity contribution in [2.24, 2.45) is 0 Å². The van der Waals surface area contributed by atoms with Gasteiger partial charge in [0.05, 0.1) is 5.01 Å². The van der Waals surface area contributed by atoms with Crippen molar-refractivity contribution >= 4 is 22.9 Å². The molecule has 0 radical (unpaired) electrons. The Kier molecular flexibility index (Phi) is 2.09. The summed E-state index contributed by atoms with van der Waals surface area (Å²) in [6.45, 7) is 4.21. The highest BCUT2D eigenvalue weighted by Crippen LogP contribution is 2.21. The molecule has 0 N–H and O–H groups in total. The molecule has 0 bridgehead atoms. The molecule has 1 aromatic heterocycles. The van der Waals surface area contributed by atoms with Gasteiger partial charge in [0.25, 0.3) is 0 Å². The Hall–Kier alpha value is -0.0800. The van der Waals surface area contributed by atoms with E-state index in [2.05, 4.69) is 18.8 Å². The molecule has 0 atom stereocenters. The lowest BCUT2D eigenvalue weighted by atomic mass is 10.2. The van der Waals surface area contributed by atoms with Gasteiger partial charge >= 0.3 is 0 Å². The van der Waals surface area contributed by atoms with Gasteiger partial charge < -0.3 is 0 Å². The van der Waals surface area contributed by atoms with E-state index in [1.165, 1.54) is 0 Å². The third-order valence-electron chi connectivity index (χ3n) is 0.988. The van der Waals surface area contributed by atoms with Crippen LogP contribution in [-0.2, 0) is 0 Å². The summed E-state index contributed by atoms with van der Waals surface area (Å²) in [5, 5.41) is 3.58. The topological polar surface area (TPSA) is 12.9 Å². The average Bonchev–Trinajstić information content (AvgIpc) is 2.14. The van der Waals surface area contributed by atoms with E-state index < -0.39 is 0 Å². The SMILES string of the molecule is CC(C)c1nc(Cl)cs1. The minimum atomic E-state index is 0.502. The van der Waals surface area contributed by atoms with Gasteiger partial charge in [-0.2, -0.15) is 0 Å². The Balaban J connectivity index is 2.85. The second kappa shape index (κ2) is 2.67. The zero-order valence-corrected chi connectivity index (χ0v) is 6.96. The molecule has 1 aromatic rings. The van der Waals surface area contributed by atoms with Crippen LogP contribution in [-0.4, -0.2) is 4.98 Å². The standard InChI is InChI=1S/C6H8ClNS/c1-4(2)6-8-5(7)3-9-6/h3-4H,1-2H3. The Morgan fingerprint density at radius 2 is 2.33 bits per heavy atom. The van der Waals surface area contributed by atoms with Gasteiger partial charge in [0, 0.05) is 11.3 Å². The molecule has 0 unspecified atom stereocenters. The summed E-state index contributed by atoms with van der Waals surface area (Å²) in [6.07, 6.45) is 0. The van der Waals surface area contributed by atoms with E-state index >= 15 is 0 Å². The van der Waals surface area contributed by atoms with Crippen molar-refractivity contribution in [2.75, 3.05) is 0 Å². The summed E-state index contributed by atoms with van der Waals surface area (Å²) < 4.78 is 0. The van der Waals surface area contributed by atoms with Crippen molar-refractivity contribution in [3.05, 3.63) is 15.5 Å². The first kappa shape index (κ1) is 7.03. The minimum Gasteiger partial charge on any atom is -0.229 e. The number of halogens is 1. The van der Waals surface area contributed by atoms with Crippen LogP contribution in [0.3, 0.4) is 0 Å². The van der Waals surface area contributed by atoms with E-state index in [0.29, 0.717) is 11.1 Å². The van der Waals surface area contributed by atoms with Gasteiger partial charge in [0.15, 0.2) is 0 Å². The molecule has 0 aliphatic heterocycles. The molecular formula is C6H8ClNS. The fraction of sp³-hybridized carbons (Fsp3) is 0.500. The quantitative estimate of drug-likeness (QED) is 0.617. The molecule has 0 spiro atoms. The number of aromatic nitrogens is 1. The summed E-state index contributed by atoms with van der Waals surface area (Å²) in [5.41, 5.74) is 0. The summed E-state index contributed by atoms with van der Waals surface area (Å²) in [4.78, 5) is 4.09. The number of hydrogen-bond acceptors (Lipinski definition) is 2. The lowest BCUT2D eigenvalue weighted by Gasteiger charge is -1.94. The molecule has 9 heavy (non-hydrogen) atoms. The molecule has 0 amide bonds. The van der Waals surface area contributed by atoms with E-state index in [-0.39, 0.29) is 0 Å². The second-order valence-corrected chi connectivity index (χ2v) is 3.44. The summed E-state index contributed by atoms with van der Waals surface area (Å²) in [5.74, 6) is 0.502. The number of rotatable bonds is 1. The van der Waals surface area contributed by atoms with Crippen LogP contribution in [0.25, 0.3) is 0 Å². The van der Waals surface area contributed by atoms with E-state index in [0.717, 1.165) is 5.01 Å². The largest absolute Gasteiger partial charge is 0.229 e. The monoisotopic (exact) mass is 161 g/mol. The average molecular weight is 162 g/mol. The van der Waals surface area contributed by atoms with Crippen LogP contribution in [0.5, 0.6) is 0 Å². The Morgan fingerprint density at radius 3 is 2.56 bits per heavy atom. The lowest BCUT2D eigenvalue weighted by molar-refractivity contribution is 0.852. The first-order valence-electron chi connectivity index (χ1n) is 2.81. The molecule has 1 heterocycles. The molecule has 0 saturated carbocycles. The predicted molar refractivity (Wildman–Crippen MR) is 41.2 cm³/mol. The smallest absolute Gasteiger partial charge is 0.140 e. The van der Waals surface area contributed by atoms with Gasteiger partial charge in [-0.3, -0.25) is 0 Å². The van der Waals surface area contributed by atoms with Crippen LogP contribution >= 0.6 is 22.9 Å². The van der Waals surface area contributed by atoms with Crippen molar-refractivity contribution in [2.45, 2.75) is 19.8 Å². The van der Waals surface area contributed by atoms with Crippen LogP contribution in [0.15, 0.2) is 5.38 Å². The predicted octanol–water partition coefficient (Wildman–Crippen LogP) is 2.92. The Morgan fingerprint density at radius 1 is 1.67 bits per heavy atom. The third-order valence-corrected chi connectivity index (χ3v) is 2.46. The number of nitrogens with zero attached hydrogens (tertiary/aromatic N) is 1. The van der Waals surface area contributed by atoms with Gasteiger partial charge in [-0.1, -0.05) is 25.4 Å². The van der Waals surface area contributed by atoms with Crippen molar-refractivity contribution in [1.82, 2.24) is 4.98 Å². The lowest BCUT2D eigenvalue weighted by Crippen LogP contribution is -1.82. The van der Waals surface area contributed by atoms with Crippen LogP contribution in [0.2, 0.25) is 5.15 Å². The van der Waals surface area contributed by atoms with Crippen LogP contribution in [0.4, 0.5) is 0 Å². The molecule has 1 nitrogen and oxygen atoms in total. The fourth-order valence-corrected chi connectivity index (χ4v) is 1.50. The first-order chi connectivity index (χ1) is 4.20. The third kappa shape index (κ3) is 1.66. The number of hydrogen-bond donors (Lipinski definition) is 0. The Labute approximate surface area is 63.7 Å². The van der Waals surface area contributed by atoms with Crippen molar-refractivity contribution in [3.63, 3.8) is 0 Å². The second-order valence-electron chi connectivity index (χ2n) is 2.16. The zero-order chi connectivity index (χ0) is 6.85. The van der Waals surface area contributed by atoms with Crippen molar-refractivity contribution in [1.29, 1.82) is 0 Å². The zero-order valence-electron chi connectivity index (χ0n) is 5.39. The van der Waals surface area contributed by atoms with E-state index in [1.54, 1.807) is 11.3 Å². The van der Waals surface area contributed by atoms with E-state index in [1.807, 2.05) is 5.38 Å².